The summed E-state index contributed by atoms with van der Waals surface area (Å²) < 4.78 is 0. The van der Waals surface area contributed by atoms with Gasteiger partial charge in [-0.25, -0.2) is 4.79 Å². The van der Waals surface area contributed by atoms with Gasteiger partial charge in [-0.2, -0.15) is 0 Å². The number of amides is 2. The lowest BCUT2D eigenvalue weighted by Crippen LogP contribution is -2.36. The number of nitrogens with zero attached hydrogens (tertiary/aromatic N) is 1. The maximum absolute atomic E-state index is 10.8. The highest BCUT2D eigenvalue weighted by Crippen LogP contribution is 2.19. The van der Waals surface area contributed by atoms with Gasteiger partial charge < -0.3 is 16.4 Å². The van der Waals surface area contributed by atoms with Gasteiger partial charge in [0.15, 0.2) is 0 Å². The quantitative estimate of drug-likeness (QED) is 0.779. The highest BCUT2D eigenvalue weighted by molar-refractivity contribution is 5.87. The lowest BCUT2D eigenvalue weighted by Gasteiger charge is -2.23. The Bertz CT molecular complexity index is 472. The van der Waals surface area contributed by atoms with Crippen LogP contribution in [0.2, 0.25) is 0 Å². The number of anilines is 1. The van der Waals surface area contributed by atoms with Gasteiger partial charge in [0.2, 0.25) is 0 Å². The number of primary amides is 1. The van der Waals surface area contributed by atoms with Crippen LogP contribution in [-0.4, -0.2) is 36.1 Å². The Morgan fingerprint density at radius 3 is 2.48 bits per heavy atom. The number of hydrogen-bond acceptors (Lipinski definition) is 3. The molecule has 5 heteroatoms. The van der Waals surface area contributed by atoms with Gasteiger partial charge >= 0.3 is 6.03 Å². The number of urea groups is 1. The first kappa shape index (κ1) is 15.8. The third kappa shape index (κ3) is 4.44. The molecular formula is C16H26N4O. The minimum absolute atomic E-state index is 0.296. The van der Waals surface area contributed by atoms with Crippen LogP contribution in [0.5, 0.6) is 0 Å². The molecule has 1 heterocycles. The third-order valence-corrected chi connectivity index (χ3v) is 4.11. The molecule has 1 saturated heterocycles. The summed E-state index contributed by atoms with van der Waals surface area (Å²) in [5.74, 6) is 0. The van der Waals surface area contributed by atoms with Gasteiger partial charge in [0, 0.05) is 30.4 Å². The number of rotatable bonds is 5. The number of hydrogen-bond donors (Lipinski definition) is 3. The molecular weight excluding hydrogens is 264 g/mol. The number of likely N-dealkylation sites (tertiary alicyclic amines) is 1. The van der Waals surface area contributed by atoms with E-state index in [9.17, 15) is 4.79 Å². The minimum Gasteiger partial charge on any atom is -0.351 e. The second-order valence-corrected chi connectivity index (χ2v) is 6.07. The summed E-state index contributed by atoms with van der Waals surface area (Å²) in [4.78, 5) is 13.3. The molecule has 1 fully saturated rings. The maximum Gasteiger partial charge on any atom is 0.316 e. The Morgan fingerprint density at radius 2 is 1.95 bits per heavy atom. The van der Waals surface area contributed by atoms with Crippen LogP contribution in [0.4, 0.5) is 10.5 Å². The number of nitrogens with two attached hydrogens (primary N) is 1. The molecule has 2 amide bonds. The van der Waals surface area contributed by atoms with E-state index in [1.54, 1.807) is 0 Å². The van der Waals surface area contributed by atoms with Crippen LogP contribution in [0.15, 0.2) is 24.3 Å². The zero-order valence-electron chi connectivity index (χ0n) is 13.1. The number of carbonyl (C=O) groups excluding carboxylic acids is 1. The van der Waals surface area contributed by atoms with Crippen molar-refractivity contribution in [2.75, 3.05) is 18.4 Å². The molecule has 0 aliphatic carbocycles. The fourth-order valence-corrected chi connectivity index (χ4v) is 2.84. The number of benzene rings is 1. The Morgan fingerprint density at radius 1 is 1.29 bits per heavy atom. The topological polar surface area (TPSA) is 70.4 Å². The van der Waals surface area contributed by atoms with Crippen molar-refractivity contribution in [3.8, 4) is 0 Å². The van der Waals surface area contributed by atoms with Crippen LogP contribution in [0.25, 0.3) is 0 Å². The van der Waals surface area contributed by atoms with Crippen molar-refractivity contribution in [3.63, 3.8) is 0 Å². The molecule has 1 aliphatic rings. The lowest BCUT2D eigenvalue weighted by atomic mass is 10.1. The normalized spacial score (nSPS) is 20.7. The fraction of sp³-hybridized carbons (Fsp3) is 0.562. The smallest absolute Gasteiger partial charge is 0.316 e. The van der Waals surface area contributed by atoms with E-state index in [1.807, 2.05) is 24.3 Å². The van der Waals surface area contributed by atoms with Crippen molar-refractivity contribution in [2.24, 2.45) is 5.73 Å². The Kier molecular flexibility index (Phi) is 5.20. The van der Waals surface area contributed by atoms with Gasteiger partial charge in [-0.05, 0) is 51.4 Å². The number of nitrogens with one attached hydrogen (secondary N) is 2. The van der Waals surface area contributed by atoms with Crippen molar-refractivity contribution < 1.29 is 4.79 Å². The molecule has 2 atom stereocenters. The van der Waals surface area contributed by atoms with E-state index in [4.69, 9.17) is 5.73 Å². The van der Waals surface area contributed by atoms with E-state index < -0.39 is 6.03 Å². The monoisotopic (exact) mass is 290 g/mol. The summed E-state index contributed by atoms with van der Waals surface area (Å²) in [6, 6.07) is 8.74. The van der Waals surface area contributed by atoms with Crippen LogP contribution in [0.1, 0.15) is 38.8 Å². The first-order valence-electron chi connectivity index (χ1n) is 7.62. The second-order valence-electron chi connectivity index (χ2n) is 6.07. The van der Waals surface area contributed by atoms with Gasteiger partial charge in [0.25, 0.3) is 0 Å². The molecule has 0 radical (unpaired) electrons. The van der Waals surface area contributed by atoms with E-state index in [2.05, 4.69) is 36.3 Å². The predicted octanol–water partition coefficient (Wildman–Crippen LogP) is 2.31. The highest BCUT2D eigenvalue weighted by atomic mass is 16.2. The van der Waals surface area contributed by atoms with Crippen LogP contribution in [0.3, 0.4) is 0 Å². The Labute approximate surface area is 126 Å². The zero-order valence-corrected chi connectivity index (χ0v) is 13.1. The Hall–Kier alpha value is -1.59. The molecule has 0 aromatic heterocycles. The molecule has 1 aromatic rings. The maximum atomic E-state index is 10.8. The van der Waals surface area contributed by atoms with Crippen molar-refractivity contribution >= 4 is 11.7 Å². The molecule has 116 valence electrons. The molecule has 5 nitrogen and oxygen atoms in total. The standard InChI is InChI=1S/C16H26N4O/c1-11(2)20-9-8-15(10-20)18-12(3)13-4-6-14(7-5-13)19-16(17)21/h4-7,11-12,15,18H,8-10H2,1-3H3,(H3,17,19,21). The lowest BCUT2D eigenvalue weighted by molar-refractivity contribution is 0.259. The predicted molar refractivity (Wildman–Crippen MR) is 86.3 cm³/mol. The first-order chi connectivity index (χ1) is 9.95. The highest BCUT2D eigenvalue weighted by Gasteiger charge is 2.25. The molecule has 4 N–H and O–H groups in total. The van der Waals surface area contributed by atoms with Crippen LogP contribution >= 0.6 is 0 Å². The van der Waals surface area contributed by atoms with Gasteiger partial charge in [0.1, 0.15) is 0 Å². The van der Waals surface area contributed by atoms with E-state index >= 15 is 0 Å². The van der Waals surface area contributed by atoms with E-state index in [1.165, 1.54) is 18.5 Å². The minimum atomic E-state index is -0.534. The number of carbonyl (C=O) groups is 1. The molecule has 0 bridgehead atoms. The largest absolute Gasteiger partial charge is 0.351 e. The zero-order chi connectivity index (χ0) is 15.4. The molecule has 0 saturated carbocycles. The van der Waals surface area contributed by atoms with Crippen LogP contribution in [-0.2, 0) is 0 Å². The Balaban J connectivity index is 1.88. The average molecular weight is 290 g/mol. The summed E-state index contributed by atoms with van der Waals surface area (Å²) in [6.45, 7) is 8.95. The summed E-state index contributed by atoms with van der Waals surface area (Å²) in [6.07, 6.45) is 1.20. The molecule has 1 aromatic carbocycles. The summed E-state index contributed by atoms with van der Waals surface area (Å²) >= 11 is 0. The van der Waals surface area contributed by atoms with E-state index in [-0.39, 0.29) is 0 Å². The molecule has 0 spiro atoms. The van der Waals surface area contributed by atoms with Crippen molar-refractivity contribution in [1.29, 1.82) is 0 Å². The molecule has 2 rings (SSSR count). The summed E-state index contributed by atoms with van der Waals surface area (Å²) in [5.41, 5.74) is 7.04. The molecule has 2 unspecified atom stereocenters. The van der Waals surface area contributed by atoms with E-state index in [0.717, 1.165) is 12.2 Å². The van der Waals surface area contributed by atoms with Gasteiger partial charge in [0.05, 0.1) is 0 Å². The van der Waals surface area contributed by atoms with Gasteiger partial charge in [-0.15, -0.1) is 0 Å². The SMILES string of the molecule is CC(NC1CCN(C(C)C)C1)c1ccc(NC(N)=O)cc1. The van der Waals surface area contributed by atoms with Gasteiger partial charge in [-0.3, -0.25) is 4.90 Å². The molecule has 21 heavy (non-hydrogen) atoms. The first-order valence-corrected chi connectivity index (χ1v) is 7.62. The van der Waals surface area contributed by atoms with Crippen molar-refractivity contribution in [3.05, 3.63) is 29.8 Å². The summed E-state index contributed by atoms with van der Waals surface area (Å²) in [7, 11) is 0. The third-order valence-electron chi connectivity index (χ3n) is 4.11. The second kappa shape index (κ2) is 6.91. The van der Waals surface area contributed by atoms with Gasteiger partial charge in [-0.1, -0.05) is 12.1 Å². The summed E-state index contributed by atoms with van der Waals surface area (Å²) in [5, 5.41) is 6.26. The van der Waals surface area contributed by atoms with Crippen LogP contribution in [0, 0.1) is 0 Å². The van der Waals surface area contributed by atoms with Crippen molar-refractivity contribution in [1.82, 2.24) is 10.2 Å². The van der Waals surface area contributed by atoms with Crippen molar-refractivity contribution in [2.45, 2.75) is 45.3 Å². The van der Waals surface area contributed by atoms with Crippen LogP contribution < -0.4 is 16.4 Å². The fourth-order valence-electron chi connectivity index (χ4n) is 2.84. The average Bonchev–Trinajstić information content (AvgIpc) is 2.87. The van der Waals surface area contributed by atoms with E-state index in [0.29, 0.717) is 18.1 Å². The molecule has 1 aliphatic heterocycles.